The van der Waals surface area contributed by atoms with E-state index in [9.17, 15) is 4.79 Å². The number of hydrogen-bond acceptors (Lipinski definition) is 3. The fraction of sp³-hybridized carbons (Fsp3) is 0.864. The van der Waals surface area contributed by atoms with Gasteiger partial charge in [0.2, 0.25) is 0 Å². The average molecular weight is 353 g/mol. The molecule has 0 fully saturated rings. The third-order valence-electron chi connectivity index (χ3n) is 4.85. The first-order chi connectivity index (χ1) is 12.0. The van der Waals surface area contributed by atoms with Crippen molar-refractivity contribution < 1.29 is 4.79 Å². The Labute approximate surface area is 157 Å². The molecule has 0 aliphatic rings. The van der Waals surface area contributed by atoms with E-state index in [1.54, 1.807) is 0 Å². The van der Waals surface area contributed by atoms with Gasteiger partial charge in [-0.1, -0.05) is 83.8 Å². The largest absolute Gasteiger partial charge is 0.307 e. The van der Waals surface area contributed by atoms with Crippen LogP contribution in [0, 0.1) is 0 Å². The molecule has 0 spiro atoms. The topological polar surface area (TPSA) is 69.1 Å². The van der Waals surface area contributed by atoms with E-state index in [2.05, 4.69) is 19.1 Å². The summed E-state index contributed by atoms with van der Waals surface area (Å²) in [6.45, 7) is 4.27. The van der Waals surface area contributed by atoms with E-state index < -0.39 is 5.66 Å². The lowest BCUT2D eigenvalue weighted by Crippen LogP contribution is -2.56. The van der Waals surface area contributed by atoms with E-state index in [4.69, 9.17) is 11.5 Å². The Morgan fingerprint density at radius 2 is 1.20 bits per heavy atom. The molecule has 0 amide bonds. The fourth-order valence-corrected chi connectivity index (χ4v) is 3.14. The third kappa shape index (κ3) is 15.3. The van der Waals surface area contributed by atoms with Gasteiger partial charge in [0.1, 0.15) is 5.66 Å². The van der Waals surface area contributed by atoms with Crippen LogP contribution in [0.4, 0.5) is 0 Å². The van der Waals surface area contributed by atoms with E-state index in [1.165, 1.54) is 70.6 Å². The molecular weight excluding hydrogens is 308 g/mol. The van der Waals surface area contributed by atoms with Gasteiger partial charge in [0.15, 0.2) is 5.78 Å². The number of ketones is 1. The minimum absolute atomic E-state index is 0.0203. The lowest BCUT2D eigenvalue weighted by Gasteiger charge is -2.22. The van der Waals surface area contributed by atoms with Crippen LogP contribution in [-0.2, 0) is 4.79 Å². The summed E-state index contributed by atoms with van der Waals surface area (Å²) < 4.78 is 0. The minimum Gasteiger partial charge on any atom is -0.307 e. The Hall–Kier alpha value is -0.670. The van der Waals surface area contributed by atoms with Crippen molar-refractivity contribution in [3.05, 3.63) is 12.2 Å². The number of hydrogen-bond donors (Lipinski definition) is 2. The maximum atomic E-state index is 11.9. The summed E-state index contributed by atoms with van der Waals surface area (Å²) in [5, 5.41) is 0. The Morgan fingerprint density at radius 1 is 0.720 bits per heavy atom. The Balaban J connectivity index is 3.36. The monoisotopic (exact) mass is 352 g/mol. The zero-order chi connectivity index (χ0) is 18.8. The molecule has 0 bridgehead atoms. The lowest BCUT2D eigenvalue weighted by molar-refractivity contribution is -0.124. The van der Waals surface area contributed by atoms with E-state index in [-0.39, 0.29) is 5.78 Å². The van der Waals surface area contributed by atoms with Gasteiger partial charge < -0.3 is 11.5 Å². The number of rotatable bonds is 18. The van der Waals surface area contributed by atoms with Crippen LogP contribution in [0.1, 0.15) is 117 Å². The molecule has 0 aliphatic carbocycles. The number of allylic oxidation sites excluding steroid dienone is 2. The predicted molar refractivity (Wildman–Crippen MR) is 110 cm³/mol. The summed E-state index contributed by atoms with van der Waals surface area (Å²) in [7, 11) is 0. The van der Waals surface area contributed by atoms with Gasteiger partial charge in [-0.05, 0) is 38.5 Å². The number of carbonyl (C=O) groups is 1. The molecule has 3 nitrogen and oxygen atoms in total. The molecule has 0 aromatic rings. The highest BCUT2D eigenvalue weighted by molar-refractivity contribution is 5.87. The highest BCUT2D eigenvalue weighted by Gasteiger charge is 2.26. The number of carbonyl (C=O) groups excluding carboxylic acids is 1. The second-order valence-electron chi connectivity index (χ2n) is 7.55. The van der Waals surface area contributed by atoms with Crippen molar-refractivity contribution in [1.82, 2.24) is 0 Å². The molecule has 0 heterocycles. The molecule has 25 heavy (non-hydrogen) atoms. The standard InChI is InChI=1S/C22H44N2O/c1-3-5-6-7-8-9-10-11-12-13-14-15-16-17-18-19-21(25)22(23,24)20-4-2/h11-12H,3-10,13-20,23-24H2,1-2H3/b12-11-. The van der Waals surface area contributed by atoms with Gasteiger partial charge in [0, 0.05) is 6.42 Å². The summed E-state index contributed by atoms with van der Waals surface area (Å²) in [5.41, 5.74) is 10.6. The number of Topliss-reactive ketones (excluding diaryl/α,β-unsaturated/α-hetero) is 1. The molecule has 0 atom stereocenters. The van der Waals surface area contributed by atoms with Crippen LogP contribution in [0.5, 0.6) is 0 Å². The molecule has 0 aliphatic heterocycles. The highest BCUT2D eigenvalue weighted by atomic mass is 16.1. The molecule has 3 heteroatoms. The molecule has 0 rings (SSSR count). The van der Waals surface area contributed by atoms with Crippen molar-refractivity contribution in [3.8, 4) is 0 Å². The second-order valence-corrected chi connectivity index (χ2v) is 7.55. The van der Waals surface area contributed by atoms with Crippen LogP contribution < -0.4 is 11.5 Å². The molecule has 0 aromatic heterocycles. The summed E-state index contributed by atoms with van der Waals surface area (Å²) >= 11 is 0. The first kappa shape index (κ1) is 24.3. The first-order valence-corrected chi connectivity index (χ1v) is 10.8. The van der Waals surface area contributed by atoms with Crippen molar-refractivity contribution in [2.75, 3.05) is 0 Å². The van der Waals surface area contributed by atoms with Gasteiger partial charge in [0.25, 0.3) is 0 Å². The summed E-state index contributed by atoms with van der Waals surface area (Å²) in [6, 6.07) is 0. The summed E-state index contributed by atoms with van der Waals surface area (Å²) in [6.07, 6.45) is 23.1. The maximum absolute atomic E-state index is 11.9. The molecule has 0 saturated carbocycles. The number of nitrogens with two attached hydrogens (primary N) is 2. The van der Waals surface area contributed by atoms with Crippen LogP contribution in [0.2, 0.25) is 0 Å². The smallest absolute Gasteiger partial charge is 0.166 e. The van der Waals surface area contributed by atoms with Gasteiger partial charge in [-0.3, -0.25) is 4.79 Å². The van der Waals surface area contributed by atoms with Gasteiger partial charge in [0.05, 0.1) is 0 Å². The molecule has 0 aromatic carbocycles. The van der Waals surface area contributed by atoms with Crippen molar-refractivity contribution in [2.24, 2.45) is 11.5 Å². The molecule has 0 radical (unpaired) electrons. The summed E-state index contributed by atoms with van der Waals surface area (Å²) in [5.74, 6) is 0.0203. The van der Waals surface area contributed by atoms with E-state index in [0.717, 1.165) is 19.3 Å². The van der Waals surface area contributed by atoms with E-state index >= 15 is 0 Å². The molecule has 148 valence electrons. The molecule has 0 saturated heterocycles. The molecule has 0 unspecified atom stereocenters. The zero-order valence-corrected chi connectivity index (χ0v) is 17.0. The number of unbranched alkanes of at least 4 members (excludes halogenated alkanes) is 11. The molecular formula is C22H44N2O. The van der Waals surface area contributed by atoms with Crippen molar-refractivity contribution in [1.29, 1.82) is 0 Å². The van der Waals surface area contributed by atoms with Gasteiger partial charge in [-0.2, -0.15) is 0 Å². The Kier molecular flexibility index (Phi) is 16.3. The van der Waals surface area contributed by atoms with Crippen molar-refractivity contribution in [3.63, 3.8) is 0 Å². The van der Waals surface area contributed by atoms with Gasteiger partial charge in [-0.25, -0.2) is 0 Å². The third-order valence-corrected chi connectivity index (χ3v) is 4.85. The predicted octanol–water partition coefficient (Wildman–Crippen LogP) is 6.01. The van der Waals surface area contributed by atoms with Crippen molar-refractivity contribution in [2.45, 2.75) is 122 Å². The first-order valence-electron chi connectivity index (χ1n) is 10.8. The SMILES string of the molecule is CCCCCCCC/C=C\CCCCCCCC(=O)C(N)(N)CCC. The van der Waals surface area contributed by atoms with Gasteiger partial charge in [-0.15, -0.1) is 0 Å². The van der Waals surface area contributed by atoms with Crippen LogP contribution in [0.15, 0.2) is 12.2 Å². The normalized spacial score (nSPS) is 12.2. The van der Waals surface area contributed by atoms with Crippen molar-refractivity contribution >= 4 is 5.78 Å². The Bertz CT molecular complexity index is 337. The van der Waals surface area contributed by atoms with Crippen LogP contribution in [0.25, 0.3) is 0 Å². The minimum atomic E-state index is -1.10. The highest BCUT2D eigenvalue weighted by Crippen LogP contribution is 2.13. The van der Waals surface area contributed by atoms with Crippen LogP contribution in [0.3, 0.4) is 0 Å². The van der Waals surface area contributed by atoms with E-state index in [0.29, 0.717) is 12.8 Å². The van der Waals surface area contributed by atoms with Gasteiger partial charge >= 0.3 is 0 Å². The maximum Gasteiger partial charge on any atom is 0.166 e. The lowest BCUT2D eigenvalue weighted by atomic mass is 9.96. The Morgan fingerprint density at radius 3 is 1.72 bits per heavy atom. The quantitative estimate of drug-likeness (QED) is 0.180. The zero-order valence-electron chi connectivity index (χ0n) is 17.0. The van der Waals surface area contributed by atoms with E-state index in [1.807, 2.05) is 6.92 Å². The summed E-state index contributed by atoms with van der Waals surface area (Å²) in [4.78, 5) is 11.9. The van der Waals surface area contributed by atoms with Crippen LogP contribution in [-0.4, -0.2) is 11.4 Å². The second kappa shape index (κ2) is 16.8. The molecule has 4 N–H and O–H groups in total. The average Bonchev–Trinajstić information content (AvgIpc) is 2.58. The fourth-order valence-electron chi connectivity index (χ4n) is 3.14. The van der Waals surface area contributed by atoms with Crippen LogP contribution >= 0.6 is 0 Å².